The number of anilines is 1. The zero-order chi connectivity index (χ0) is 13.2. The average molecular weight is 270 g/mol. The molecule has 0 saturated heterocycles. The van der Waals surface area contributed by atoms with Gasteiger partial charge in [-0.05, 0) is 17.7 Å². The summed E-state index contributed by atoms with van der Waals surface area (Å²) in [6.07, 6.45) is 0. The SMILES string of the molecule is N[C@H]1C(=O)Nc2ccccc2S[C@@H]1c1ccccc1. The van der Waals surface area contributed by atoms with E-state index in [1.54, 1.807) is 11.8 Å². The van der Waals surface area contributed by atoms with Gasteiger partial charge in [0, 0.05) is 4.90 Å². The molecule has 0 aromatic heterocycles. The number of hydrogen-bond donors (Lipinski definition) is 2. The van der Waals surface area contributed by atoms with E-state index in [2.05, 4.69) is 5.32 Å². The number of para-hydroxylation sites is 1. The van der Waals surface area contributed by atoms with Crippen molar-refractivity contribution in [2.45, 2.75) is 16.2 Å². The average Bonchev–Trinajstić information content (AvgIpc) is 2.58. The van der Waals surface area contributed by atoms with E-state index in [1.165, 1.54) is 0 Å². The molecule has 3 nitrogen and oxygen atoms in total. The molecule has 4 heteroatoms. The zero-order valence-corrected chi connectivity index (χ0v) is 11.1. The van der Waals surface area contributed by atoms with Crippen molar-refractivity contribution in [1.29, 1.82) is 0 Å². The summed E-state index contributed by atoms with van der Waals surface area (Å²) in [5.74, 6) is -0.133. The number of nitrogens with one attached hydrogen (secondary N) is 1. The Morgan fingerprint density at radius 1 is 1.00 bits per heavy atom. The number of fused-ring (bicyclic) bond motifs is 1. The number of hydrogen-bond acceptors (Lipinski definition) is 3. The van der Waals surface area contributed by atoms with Gasteiger partial charge in [0.25, 0.3) is 0 Å². The van der Waals surface area contributed by atoms with Crippen LogP contribution in [-0.2, 0) is 4.79 Å². The first-order valence-electron chi connectivity index (χ1n) is 6.13. The van der Waals surface area contributed by atoms with Gasteiger partial charge in [-0.2, -0.15) is 0 Å². The van der Waals surface area contributed by atoms with Crippen molar-refractivity contribution >= 4 is 23.4 Å². The number of benzene rings is 2. The molecular formula is C15H14N2OS. The fourth-order valence-corrected chi connectivity index (χ4v) is 3.39. The Labute approximate surface area is 116 Å². The second-order valence-corrected chi connectivity index (χ2v) is 5.64. The van der Waals surface area contributed by atoms with Crippen LogP contribution in [0.25, 0.3) is 0 Å². The van der Waals surface area contributed by atoms with Crippen LogP contribution in [0.5, 0.6) is 0 Å². The molecule has 2 aromatic rings. The highest BCUT2D eigenvalue weighted by Crippen LogP contribution is 2.42. The quantitative estimate of drug-likeness (QED) is 0.837. The van der Waals surface area contributed by atoms with Crippen LogP contribution in [0.1, 0.15) is 10.8 Å². The lowest BCUT2D eigenvalue weighted by Gasteiger charge is -2.19. The normalized spacial score (nSPS) is 22.3. The van der Waals surface area contributed by atoms with Crippen molar-refractivity contribution < 1.29 is 4.79 Å². The Bertz CT molecular complexity index is 600. The Kier molecular flexibility index (Phi) is 3.27. The minimum Gasteiger partial charge on any atom is -0.324 e. The molecule has 0 spiro atoms. The number of thioether (sulfide) groups is 1. The van der Waals surface area contributed by atoms with Gasteiger partial charge in [-0.15, -0.1) is 11.8 Å². The maximum absolute atomic E-state index is 12.1. The zero-order valence-electron chi connectivity index (χ0n) is 10.2. The van der Waals surface area contributed by atoms with Crippen molar-refractivity contribution in [2.24, 2.45) is 5.73 Å². The summed E-state index contributed by atoms with van der Waals surface area (Å²) < 4.78 is 0. The summed E-state index contributed by atoms with van der Waals surface area (Å²) in [5, 5.41) is 2.82. The van der Waals surface area contributed by atoms with E-state index in [-0.39, 0.29) is 11.2 Å². The molecule has 0 bridgehead atoms. The van der Waals surface area contributed by atoms with E-state index in [1.807, 2.05) is 54.6 Å². The lowest BCUT2D eigenvalue weighted by atomic mass is 10.1. The number of amides is 1. The highest BCUT2D eigenvalue weighted by atomic mass is 32.2. The summed E-state index contributed by atoms with van der Waals surface area (Å²) in [5.41, 5.74) is 8.02. The molecule has 0 radical (unpaired) electrons. The van der Waals surface area contributed by atoms with E-state index in [4.69, 9.17) is 5.73 Å². The minimum atomic E-state index is -0.556. The van der Waals surface area contributed by atoms with Crippen molar-refractivity contribution in [3.05, 3.63) is 60.2 Å². The second kappa shape index (κ2) is 5.07. The number of carbonyl (C=O) groups excluding carboxylic acids is 1. The molecule has 0 saturated carbocycles. The minimum absolute atomic E-state index is 0.0650. The van der Waals surface area contributed by atoms with E-state index in [0.29, 0.717) is 0 Å². The van der Waals surface area contributed by atoms with Crippen LogP contribution < -0.4 is 11.1 Å². The maximum atomic E-state index is 12.1. The van der Waals surface area contributed by atoms with Crippen LogP contribution in [0, 0.1) is 0 Å². The first-order chi connectivity index (χ1) is 9.25. The molecule has 3 N–H and O–H groups in total. The van der Waals surface area contributed by atoms with Crippen LogP contribution in [0.4, 0.5) is 5.69 Å². The van der Waals surface area contributed by atoms with Gasteiger partial charge in [0.15, 0.2) is 0 Å². The first kappa shape index (κ1) is 12.3. The monoisotopic (exact) mass is 270 g/mol. The highest BCUT2D eigenvalue weighted by Gasteiger charge is 2.31. The topological polar surface area (TPSA) is 55.1 Å². The molecule has 2 atom stereocenters. The number of carbonyl (C=O) groups is 1. The van der Waals surface area contributed by atoms with Crippen LogP contribution in [0.2, 0.25) is 0 Å². The van der Waals surface area contributed by atoms with Gasteiger partial charge in [0.2, 0.25) is 5.91 Å². The third kappa shape index (κ3) is 2.37. The van der Waals surface area contributed by atoms with Crippen molar-refractivity contribution in [2.75, 3.05) is 5.32 Å². The summed E-state index contributed by atoms with van der Waals surface area (Å²) in [6.45, 7) is 0. The lowest BCUT2D eigenvalue weighted by molar-refractivity contribution is -0.117. The van der Waals surface area contributed by atoms with Gasteiger partial charge in [-0.25, -0.2) is 0 Å². The second-order valence-electron chi connectivity index (χ2n) is 4.46. The van der Waals surface area contributed by atoms with Crippen LogP contribution >= 0.6 is 11.8 Å². The van der Waals surface area contributed by atoms with Crippen molar-refractivity contribution in [1.82, 2.24) is 0 Å². The molecule has 2 aromatic carbocycles. The van der Waals surface area contributed by atoms with Crippen LogP contribution in [0.15, 0.2) is 59.5 Å². The molecule has 1 heterocycles. The smallest absolute Gasteiger partial charge is 0.242 e. The van der Waals surface area contributed by atoms with E-state index >= 15 is 0 Å². The van der Waals surface area contributed by atoms with Gasteiger partial charge >= 0.3 is 0 Å². The Balaban J connectivity index is 2.03. The molecule has 1 aliphatic heterocycles. The van der Waals surface area contributed by atoms with Gasteiger partial charge in [-0.3, -0.25) is 4.79 Å². The van der Waals surface area contributed by atoms with Gasteiger partial charge < -0.3 is 11.1 Å². The maximum Gasteiger partial charge on any atom is 0.242 e. The van der Waals surface area contributed by atoms with Crippen LogP contribution in [0.3, 0.4) is 0 Å². The molecule has 96 valence electrons. The lowest BCUT2D eigenvalue weighted by Crippen LogP contribution is -2.38. The third-order valence-corrected chi connectivity index (χ3v) is 4.59. The number of nitrogens with two attached hydrogens (primary N) is 1. The molecule has 19 heavy (non-hydrogen) atoms. The van der Waals surface area contributed by atoms with Crippen molar-refractivity contribution in [3.8, 4) is 0 Å². The highest BCUT2D eigenvalue weighted by molar-refractivity contribution is 7.99. The predicted octanol–water partition coefficient (Wildman–Crippen LogP) is 2.80. The van der Waals surface area contributed by atoms with E-state index in [0.717, 1.165) is 16.1 Å². The third-order valence-electron chi connectivity index (χ3n) is 3.16. The summed E-state index contributed by atoms with van der Waals surface area (Å²) in [4.78, 5) is 13.2. The first-order valence-corrected chi connectivity index (χ1v) is 7.01. The Hall–Kier alpha value is -1.78. The fraction of sp³-hybridized carbons (Fsp3) is 0.133. The predicted molar refractivity (Wildman–Crippen MR) is 78.1 cm³/mol. The largest absolute Gasteiger partial charge is 0.324 e. The fourth-order valence-electron chi connectivity index (χ4n) is 2.15. The standard InChI is InChI=1S/C15H14N2OS/c16-13-14(10-6-2-1-3-7-10)19-12-9-5-4-8-11(12)17-15(13)18/h1-9,13-14H,16H2,(H,17,18)/t13-,14-/m1/s1. The van der Waals surface area contributed by atoms with E-state index in [9.17, 15) is 4.79 Å². The van der Waals surface area contributed by atoms with Gasteiger partial charge in [-0.1, -0.05) is 42.5 Å². The molecule has 0 aliphatic carbocycles. The summed E-state index contributed by atoms with van der Waals surface area (Å²) in [6, 6.07) is 17.2. The molecular weight excluding hydrogens is 256 g/mol. The van der Waals surface area contributed by atoms with Gasteiger partial charge in [0.05, 0.1) is 10.9 Å². The molecule has 1 amide bonds. The summed E-state index contributed by atoms with van der Waals surface area (Å²) in [7, 11) is 0. The molecule has 0 fully saturated rings. The van der Waals surface area contributed by atoms with Gasteiger partial charge in [0.1, 0.15) is 6.04 Å². The Morgan fingerprint density at radius 3 is 2.47 bits per heavy atom. The van der Waals surface area contributed by atoms with E-state index < -0.39 is 6.04 Å². The Morgan fingerprint density at radius 2 is 1.68 bits per heavy atom. The molecule has 0 unspecified atom stereocenters. The molecule has 3 rings (SSSR count). The molecule has 1 aliphatic rings. The summed E-state index contributed by atoms with van der Waals surface area (Å²) >= 11 is 1.63. The number of rotatable bonds is 1. The van der Waals surface area contributed by atoms with Crippen molar-refractivity contribution in [3.63, 3.8) is 0 Å². The van der Waals surface area contributed by atoms with Crippen LogP contribution in [-0.4, -0.2) is 11.9 Å².